The summed E-state index contributed by atoms with van der Waals surface area (Å²) in [6.45, 7) is 0. The van der Waals surface area contributed by atoms with Crippen molar-refractivity contribution in [2.24, 2.45) is 0 Å². The van der Waals surface area contributed by atoms with Gasteiger partial charge in [0.15, 0.2) is 5.65 Å². The maximum absolute atomic E-state index is 4.27. The van der Waals surface area contributed by atoms with E-state index >= 15 is 0 Å². The van der Waals surface area contributed by atoms with Crippen molar-refractivity contribution in [1.82, 2.24) is 24.5 Å². The van der Waals surface area contributed by atoms with Crippen LogP contribution in [0.5, 0.6) is 0 Å². The van der Waals surface area contributed by atoms with Crippen molar-refractivity contribution in [2.45, 2.75) is 0 Å². The van der Waals surface area contributed by atoms with E-state index in [-0.39, 0.29) is 0 Å². The number of nitrogens with one attached hydrogen (secondary N) is 1. The van der Waals surface area contributed by atoms with Crippen LogP contribution in [0.4, 0.5) is 0 Å². The number of nitrogens with zero attached hydrogens (tertiary/aromatic N) is 4. The van der Waals surface area contributed by atoms with Crippen LogP contribution in [0.25, 0.3) is 27.8 Å². The average Bonchev–Trinajstić information content (AvgIpc) is 3.04. The number of hydrogen-bond acceptors (Lipinski definition) is 3. The number of hydrogen-bond donors (Lipinski definition) is 1. The number of rotatable bonds is 1. The molecule has 0 amide bonds. The third-order valence-electron chi connectivity index (χ3n) is 3.04. The molecule has 0 spiro atoms. The molecule has 0 aliphatic heterocycles. The molecule has 3 aromatic heterocycles. The van der Waals surface area contributed by atoms with Crippen molar-refractivity contribution >= 4 is 22.1 Å². The van der Waals surface area contributed by atoms with Gasteiger partial charge in [-0.05, 0) is 24.3 Å². The van der Waals surface area contributed by atoms with Crippen molar-refractivity contribution in [1.29, 1.82) is 0 Å². The number of imidazole rings is 1. The van der Waals surface area contributed by atoms with E-state index in [9.17, 15) is 0 Å². The van der Waals surface area contributed by atoms with Crippen molar-refractivity contribution in [3.63, 3.8) is 0 Å². The van der Waals surface area contributed by atoms with E-state index in [1.54, 1.807) is 12.5 Å². The fraction of sp³-hybridized carbons (Fsp3) is 0. The second-order valence-corrected chi connectivity index (χ2v) is 4.10. The molecule has 86 valence electrons. The molecule has 0 saturated heterocycles. The molecule has 0 atom stereocenters. The van der Waals surface area contributed by atoms with Crippen LogP contribution in [0, 0.1) is 0 Å². The van der Waals surface area contributed by atoms with Crippen molar-refractivity contribution in [3.8, 4) is 5.69 Å². The largest absolute Gasteiger partial charge is 0.361 e. The van der Waals surface area contributed by atoms with Gasteiger partial charge in [-0.3, -0.25) is 4.57 Å². The first kappa shape index (κ1) is 9.35. The zero-order valence-corrected chi connectivity index (χ0v) is 9.41. The number of aromatic amines is 1. The Bertz CT molecular complexity index is 842. The summed E-state index contributed by atoms with van der Waals surface area (Å²) in [5, 5.41) is 1.17. The standard InChI is InChI=1S/C13H9N5/c1-2-11-9(3-4-15-11)5-10(1)18-8-17-13-12(18)6-14-7-16-13/h1-8,15H. The molecule has 0 fully saturated rings. The molecule has 0 aliphatic carbocycles. The summed E-state index contributed by atoms with van der Waals surface area (Å²) in [4.78, 5) is 15.6. The van der Waals surface area contributed by atoms with Crippen LogP contribution < -0.4 is 0 Å². The predicted molar refractivity (Wildman–Crippen MR) is 68.5 cm³/mol. The molecule has 1 N–H and O–H groups in total. The van der Waals surface area contributed by atoms with Crippen molar-refractivity contribution < 1.29 is 0 Å². The maximum Gasteiger partial charge on any atom is 0.181 e. The molecule has 0 saturated carbocycles. The summed E-state index contributed by atoms with van der Waals surface area (Å²) in [7, 11) is 0. The van der Waals surface area contributed by atoms with E-state index < -0.39 is 0 Å². The van der Waals surface area contributed by atoms with Gasteiger partial charge in [0.05, 0.1) is 6.20 Å². The average molecular weight is 235 g/mol. The molecule has 4 aromatic rings. The first-order valence-electron chi connectivity index (χ1n) is 5.62. The maximum atomic E-state index is 4.27. The van der Waals surface area contributed by atoms with Crippen LogP contribution in [-0.2, 0) is 0 Å². The monoisotopic (exact) mass is 235 g/mol. The Hall–Kier alpha value is -2.69. The van der Waals surface area contributed by atoms with Gasteiger partial charge in [-0.15, -0.1) is 0 Å². The molecule has 3 heterocycles. The number of benzene rings is 1. The number of fused-ring (bicyclic) bond motifs is 2. The lowest BCUT2D eigenvalue weighted by Gasteiger charge is -2.03. The Morgan fingerprint density at radius 3 is 3.11 bits per heavy atom. The third-order valence-corrected chi connectivity index (χ3v) is 3.04. The second-order valence-electron chi connectivity index (χ2n) is 4.10. The summed E-state index contributed by atoms with van der Waals surface area (Å²) < 4.78 is 1.99. The minimum absolute atomic E-state index is 0.708. The smallest absolute Gasteiger partial charge is 0.181 e. The lowest BCUT2D eigenvalue weighted by Crippen LogP contribution is -1.92. The zero-order valence-electron chi connectivity index (χ0n) is 9.41. The van der Waals surface area contributed by atoms with E-state index in [0.717, 1.165) is 16.7 Å². The van der Waals surface area contributed by atoms with E-state index in [2.05, 4.69) is 38.1 Å². The molecule has 0 bridgehead atoms. The molecule has 1 aromatic carbocycles. The lowest BCUT2D eigenvalue weighted by molar-refractivity contribution is 1.09. The van der Waals surface area contributed by atoms with Gasteiger partial charge in [0.25, 0.3) is 0 Å². The SMILES string of the molecule is c1ncc2c(n1)ncn2-c1ccc2[nH]ccc2c1. The van der Waals surface area contributed by atoms with Gasteiger partial charge in [0.1, 0.15) is 18.2 Å². The summed E-state index contributed by atoms with van der Waals surface area (Å²) in [6.07, 6.45) is 6.99. The van der Waals surface area contributed by atoms with Crippen molar-refractivity contribution in [2.75, 3.05) is 0 Å². The molecule has 18 heavy (non-hydrogen) atoms. The first-order valence-corrected chi connectivity index (χ1v) is 5.62. The highest BCUT2D eigenvalue weighted by Crippen LogP contribution is 2.20. The fourth-order valence-corrected chi connectivity index (χ4v) is 2.16. The highest BCUT2D eigenvalue weighted by Gasteiger charge is 2.06. The number of H-pyrrole nitrogens is 1. The Balaban J connectivity index is 2.00. The van der Waals surface area contributed by atoms with E-state index in [4.69, 9.17) is 0 Å². The highest BCUT2D eigenvalue weighted by molar-refractivity contribution is 5.82. The first-order chi connectivity index (χ1) is 8.92. The summed E-state index contributed by atoms with van der Waals surface area (Å²) >= 11 is 0. The van der Waals surface area contributed by atoms with Gasteiger partial charge in [-0.1, -0.05) is 0 Å². The van der Waals surface area contributed by atoms with Crippen molar-refractivity contribution in [3.05, 3.63) is 49.3 Å². The summed E-state index contributed by atoms with van der Waals surface area (Å²) in [5.41, 5.74) is 3.80. The molecule has 5 heteroatoms. The highest BCUT2D eigenvalue weighted by atomic mass is 15.1. The topological polar surface area (TPSA) is 59.4 Å². The van der Waals surface area contributed by atoms with Crippen LogP contribution in [0.3, 0.4) is 0 Å². The second kappa shape index (κ2) is 3.40. The Morgan fingerprint density at radius 2 is 2.11 bits per heavy atom. The van der Waals surface area contributed by atoms with Gasteiger partial charge in [0.2, 0.25) is 0 Å². The minimum atomic E-state index is 0.708. The predicted octanol–water partition coefficient (Wildman–Crippen LogP) is 2.30. The summed E-state index contributed by atoms with van der Waals surface area (Å²) in [6, 6.07) is 8.27. The van der Waals surface area contributed by atoms with Gasteiger partial charge in [-0.2, -0.15) is 0 Å². The molecular weight excluding hydrogens is 226 g/mol. The van der Waals surface area contributed by atoms with Crippen LogP contribution in [-0.4, -0.2) is 24.5 Å². The molecule has 5 nitrogen and oxygen atoms in total. The normalized spacial score (nSPS) is 11.3. The van der Waals surface area contributed by atoms with E-state index in [1.807, 2.05) is 16.8 Å². The van der Waals surface area contributed by atoms with Crippen LogP contribution in [0.2, 0.25) is 0 Å². The van der Waals surface area contributed by atoms with Crippen LogP contribution >= 0.6 is 0 Å². The molecule has 0 unspecified atom stereocenters. The summed E-state index contributed by atoms with van der Waals surface area (Å²) in [5.74, 6) is 0. The van der Waals surface area contributed by atoms with Crippen LogP contribution in [0.1, 0.15) is 0 Å². The van der Waals surface area contributed by atoms with E-state index in [1.165, 1.54) is 11.7 Å². The Kier molecular flexibility index (Phi) is 1.77. The molecule has 0 aliphatic rings. The molecule has 0 radical (unpaired) electrons. The van der Waals surface area contributed by atoms with E-state index in [0.29, 0.717) is 5.65 Å². The lowest BCUT2D eigenvalue weighted by atomic mass is 10.2. The third kappa shape index (κ3) is 1.24. The zero-order chi connectivity index (χ0) is 11.9. The fourth-order valence-electron chi connectivity index (χ4n) is 2.16. The van der Waals surface area contributed by atoms with Crippen LogP contribution in [0.15, 0.2) is 49.3 Å². The Labute approximate surface area is 102 Å². The quantitative estimate of drug-likeness (QED) is 0.550. The number of aromatic nitrogens is 5. The van der Waals surface area contributed by atoms with Gasteiger partial charge in [0, 0.05) is 22.8 Å². The van der Waals surface area contributed by atoms with Gasteiger partial charge in [-0.25, -0.2) is 15.0 Å². The van der Waals surface area contributed by atoms with Gasteiger partial charge >= 0.3 is 0 Å². The molecular formula is C13H9N5. The minimum Gasteiger partial charge on any atom is -0.361 e. The van der Waals surface area contributed by atoms with Gasteiger partial charge < -0.3 is 4.98 Å². The Morgan fingerprint density at radius 1 is 1.11 bits per heavy atom. The molecule has 4 rings (SSSR count).